The van der Waals surface area contributed by atoms with E-state index in [0.717, 1.165) is 19.8 Å². The molecule has 1 aromatic heterocycles. The van der Waals surface area contributed by atoms with E-state index < -0.39 is 0 Å². The smallest absolute Gasteiger partial charge is 0.106 e. The summed E-state index contributed by atoms with van der Waals surface area (Å²) in [5.74, 6) is 1.30. The fourth-order valence-electron chi connectivity index (χ4n) is 2.14. The topological polar surface area (TPSA) is 34.1 Å². The Hall–Kier alpha value is -0.100. The van der Waals surface area contributed by atoms with Crippen LogP contribution in [0.25, 0.3) is 0 Å². The normalized spacial score (nSPS) is 30.8. The van der Waals surface area contributed by atoms with Crippen molar-refractivity contribution in [2.24, 2.45) is 0 Å². The molecule has 88 valence electrons. The maximum absolute atomic E-state index is 5.47. The van der Waals surface area contributed by atoms with Crippen molar-refractivity contribution < 1.29 is 4.74 Å². The average molecular weight is 256 g/mol. The molecule has 2 fully saturated rings. The van der Waals surface area contributed by atoms with Crippen molar-refractivity contribution in [3.05, 3.63) is 16.1 Å². The first-order valence-corrected chi connectivity index (χ1v) is 7.74. The summed E-state index contributed by atoms with van der Waals surface area (Å²) in [6.45, 7) is 2.53. The molecule has 0 saturated carbocycles. The van der Waals surface area contributed by atoms with Gasteiger partial charge in [0.2, 0.25) is 0 Å². The Labute approximate surface area is 104 Å². The van der Waals surface area contributed by atoms with Crippen molar-refractivity contribution >= 4 is 23.1 Å². The van der Waals surface area contributed by atoms with Crippen molar-refractivity contribution in [2.45, 2.75) is 24.1 Å². The summed E-state index contributed by atoms with van der Waals surface area (Å²) in [5.41, 5.74) is 1.17. The van der Waals surface area contributed by atoms with Crippen LogP contribution in [0, 0.1) is 0 Å². The van der Waals surface area contributed by atoms with Gasteiger partial charge in [0.05, 0.1) is 30.2 Å². The second kappa shape index (κ2) is 5.04. The predicted molar refractivity (Wildman–Crippen MR) is 68.1 cm³/mol. The van der Waals surface area contributed by atoms with Crippen molar-refractivity contribution in [2.75, 3.05) is 25.5 Å². The number of hydrogen-bond donors (Lipinski definition) is 1. The standard InChI is InChI=1S/C11H16N2OS2/c1-2-10(15-5-1)11-13-9(7-16-11)8-6-14-4-3-12-8/h7-8,10,12H,1-6H2. The molecule has 2 unspecified atom stereocenters. The third kappa shape index (κ3) is 2.27. The van der Waals surface area contributed by atoms with Crippen LogP contribution < -0.4 is 5.32 Å². The van der Waals surface area contributed by atoms with Gasteiger partial charge in [-0.15, -0.1) is 11.3 Å². The lowest BCUT2D eigenvalue weighted by Crippen LogP contribution is -2.34. The molecule has 0 bridgehead atoms. The molecule has 1 N–H and O–H groups in total. The van der Waals surface area contributed by atoms with Gasteiger partial charge in [-0.2, -0.15) is 11.8 Å². The Kier molecular flexibility index (Phi) is 3.47. The van der Waals surface area contributed by atoms with Crippen LogP contribution in [-0.4, -0.2) is 30.5 Å². The maximum atomic E-state index is 5.47. The maximum Gasteiger partial charge on any atom is 0.106 e. The molecule has 3 heterocycles. The lowest BCUT2D eigenvalue weighted by Gasteiger charge is -2.22. The molecule has 16 heavy (non-hydrogen) atoms. The Morgan fingerprint density at radius 1 is 1.50 bits per heavy atom. The molecule has 0 spiro atoms. The van der Waals surface area contributed by atoms with Crippen LogP contribution >= 0.6 is 23.1 Å². The van der Waals surface area contributed by atoms with Crippen molar-refractivity contribution in [3.8, 4) is 0 Å². The SMILES string of the molecule is c1sc(C2CCCS2)nc1C1COCCN1. The third-order valence-corrected chi connectivity index (χ3v) is 5.54. The number of rotatable bonds is 2. The van der Waals surface area contributed by atoms with Gasteiger partial charge < -0.3 is 10.1 Å². The average Bonchev–Trinajstić information content (AvgIpc) is 3.01. The zero-order chi connectivity index (χ0) is 10.8. The van der Waals surface area contributed by atoms with Crippen LogP contribution in [0.1, 0.15) is 34.8 Å². The lowest BCUT2D eigenvalue weighted by molar-refractivity contribution is 0.0757. The highest BCUT2D eigenvalue weighted by Gasteiger charge is 2.23. The summed E-state index contributed by atoms with van der Waals surface area (Å²) < 4.78 is 5.47. The lowest BCUT2D eigenvalue weighted by atomic mass is 10.2. The summed E-state index contributed by atoms with van der Waals surface area (Å²) in [5, 5.41) is 7.61. The molecule has 2 aliphatic heterocycles. The quantitative estimate of drug-likeness (QED) is 0.881. The van der Waals surface area contributed by atoms with Gasteiger partial charge in [0.25, 0.3) is 0 Å². The number of thiazole rings is 1. The van der Waals surface area contributed by atoms with E-state index in [-0.39, 0.29) is 0 Å². The second-order valence-electron chi connectivity index (χ2n) is 4.19. The second-order valence-corrected chi connectivity index (χ2v) is 6.39. The van der Waals surface area contributed by atoms with E-state index in [4.69, 9.17) is 9.72 Å². The molecule has 3 rings (SSSR count). The van der Waals surface area contributed by atoms with Gasteiger partial charge in [-0.05, 0) is 18.6 Å². The summed E-state index contributed by atoms with van der Waals surface area (Å²) in [4.78, 5) is 4.77. The predicted octanol–water partition coefficient (Wildman–Crippen LogP) is 2.37. The number of thioether (sulfide) groups is 1. The van der Waals surface area contributed by atoms with E-state index in [1.54, 1.807) is 0 Å². The summed E-state index contributed by atoms with van der Waals surface area (Å²) in [6.07, 6.45) is 2.64. The molecule has 2 aliphatic rings. The first-order valence-electron chi connectivity index (χ1n) is 5.81. The van der Waals surface area contributed by atoms with Gasteiger partial charge in [-0.25, -0.2) is 4.98 Å². The highest BCUT2D eigenvalue weighted by Crippen LogP contribution is 2.41. The number of aromatic nitrogens is 1. The van der Waals surface area contributed by atoms with Crippen LogP contribution in [0.15, 0.2) is 5.38 Å². The Morgan fingerprint density at radius 3 is 3.25 bits per heavy atom. The number of nitrogens with zero attached hydrogens (tertiary/aromatic N) is 1. The Bertz CT molecular complexity index is 344. The highest BCUT2D eigenvalue weighted by atomic mass is 32.2. The molecule has 2 atom stereocenters. The fraction of sp³-hybridized carbons (Fsp3) is 0.727. The van der Waals surface area contributed by atoms with Crippen LogP contribution in [0.3, 0.4) is 0 Å². The molecule has 0 radical (unpaired) electrons. The number of morpholine rings is 1. The minimum atomic E-state index is 0.310. The van der Waals surface area contributed by atoms with Gasteiger partial charge in [-0.3, -0.25) is 0 Å². The zero-order valence-electron chi connectivity index (χ0n) is 9.15. The fourth-order valence-corrected chi connectivity index (χ4v) is 4.54. The van der Waals surface area contributed by atoms with Crippen molar-refractivity contribution in [3.63, 3.8) is 0 Å². The van der Waals surface area contributed by atoms with E-state index in [1.165, 1.54) is 29.3 Å². The molecule has 3 nitrogen and oxygen atoms in total. The summed E-state index contributed by atoms with van der Waals surface area (Å²) >= 11 is 3.86. The largest absolute Gasteiger partial charge is 0.378 e. The number of nitrogens with one attached hydrogen (secondary N) is 1. The first-order chi connectivity index (χ1) is 7.93. The third-order valence-electron chi connectivity index (χ3n) is 3.02. The molecule has 5 heteroatoms. The number of hydrogen-bond acceptors (Lipinski definition) is 5. The van der Waals surface area contributed by atoms with Crippen molar-refractivity contribution in [1.82, 2.24) is 10.3 Å². The van der Waals surface area contributed by atoms with Gasteiger partial charge in [0.1, 0.15) is 5.01 Å². The van der Waals surface area contributed by atoms with Crippen molar-refractivity contribution in [1.29, 1.82) is 0 Å². The summed E-state index contributed by atoms with van der Waals surface area (Å²) in [7, 11) is 0. The summed E-state index contributed by atoms with van der Waals surface area (Å²) in [6, 6.07) is 0.310. The monoisotopic (exact) mass is 256 g/mol. The van der Waals surface area contributed by atoms with E-state index in [9.17, 15) is 0 Å². The Morgan fingerprint density at radius 2 is 2.50 bits per heavy atom. The molecular formula is C11H16N2OS2. The minimum absolute atomic E-state index is 0.310. The van der Waals surface area contributed by atoms with E-state index in [2.05, 4.69) is 22.5 Å². The van der Waals surface area contributed by atoms with Crippen LogP contribution in [0.5, 0.6) is 0 Å². The minimum Gasteiger partial charge on any atom is -0.378 e. The van der Waals surface area contributed by atoms with Gasteiger partial charge in [0.15, 0.2) is 0 Å². The van der Waals surface area contributed by atoms with Crippen LogP contribution in [0.4, 0.5) is 0 Å². The molecular weight excluding hydrogens is 240 g/mol. The highest BCUT2D eigenvalue weighted by molar-refractivity contribution is 7.99. The van der Waals surface area contributed by atoms with E-state index in [1.807, 2.05) is 11.3 Å². The van der Waals surface area contributed by atoms with Gasteiger partial charge in [-0.1, -0.05) is 0 Å². The van der Waals surface area contributed by atoms with Gasteiger partial charge >= 0.3 is 0 Å². The van der Waals surface area contributed by atoms with Gasteiger partial charge in [0, 0.05) is 11.9 Å². The zero-order valence-corrected chi connectivity index (χ0v) is 10.8. The Balaban J connectivity index is 1.71. The van der Waals surface area contributed by atoms with Crippen LogP contribution in [0.2, 0.25) is 0 Å². The van der Waals surface area contributed by atoms with Crippen LogP contribution in [-0.2, 0) is 4.74 Å². The molecule has 1 aromatic rings. The number of ether oxygens (including phenoxy) is 1. The molecule has 0 aliphatic carbocycles. The molecule has 2 saturated heterocycles. The van der Waals surface area contributed by atoms with E-state index >= 15 is 0 Å². The van der Waals surface area contributed by atoms with E-state index in [0.29, 0.717) is 11.3 Å². The first kappa shape index (κ1) is 11.0. The molecule has 0 amide bonds. The molecule has 0 aromatic carbocycles.